The van der Waals surface area contributed by atoms with Gasteiger partial charge in [0.2, 0.25) is 11.4 Å². The summed E-state index contributed by atoms with van der Waals surface area (Å²) in [5.74, 6) is -3.64. The monoisotopic (exact) mass is 1800 g/mol. The normalized spacial score (nSPS) is 15.4. The molecule has 3 N–H and O–H groups in total. The van der Waals surface area contributed by atoms with Crippen molar-refractivity contribution in [1.82, 2.24) is 34.9 Å². The van der Waals surface area contributed by atoms with Crippen LogP contribution in [0, 0.1) is 93.2 Å². The van der Waals surface area contributed by atoms with E-state index in [4.69, 9.17) is 59.4 Å². The van der Waals surface area contributed by atoms with Gasteiger partial charge in [-0.1, -0.05) is 91.6 Å². The van der Waals surface area contributed by atoms with Gasteiger partial charge in [0.25, 0.3) is 0 Å². The fourth-order valence-electron chi connectivity index (χ4n) is 9.67. The van der Waals surface area contributed by atoms with Crippen LogP contribution in [0.4, 0.5) is 13.2 Å². The van der Waals surface area contributed by atoms with Crippen molar-refractivity contribution in [3.8, 4) is 56.3 Å². The maximum atomic E-state index is 10.7. The number of aromatic nitrogens is 7. The number of para-hydroxylation sites is 1. The van der Waals surface area contributed by atoms with Crippen LogP contribution in [0.25, 0.3) is 100 Å². The van der Waals surface area contributed by atoms with Crippen molar-refractivity contribution in [2.45, 2.75) is 114 Å². The zero-order valence-electron chi connectivity index (χ0n) is 77.7. The first-order chi connectivity index (χ1) is 56.6. The molecule has 0 fully saturated rings. The number of alkyl halides is 3. The predicted molar refractivity (Wildman–Crippen MR) is 403 cm³/mol. The second kappa shape index (κ2) is 39.5. The number of furan rings is 2. The number of halogens is 3. The first-order valence-corrected chi connectivity index (χ1v) is 32.3. The SMILES string of the molecule is CO.CO.Cc1cnc(-c2[c-]cccc2)cc1C.O=S(=O)(O)C(F)(F)F.[2H]C([2H])([2H])c1ccc2c(n1)oc1c(-c3cc(C([2H])(C)C([2H])([2H])[2H])c(C)cn3)[c-]ccc12.[2H]C([2H])([2H])c1ccc2c(n1)oc1c(-c3cc(C([2H])(C)C([2H])([2H])[2H])c(C)cn3)cccc12.[2H]C([2H])([2H])c1cnc(-c2[c-]cccc2)cc1C.[2H]C([2H])([2H])c1cnc(-c2[c-]cccc2)cc1C.[Ir].[Ir]. The molecule has 0 saturated carbocycles. The first kappa shape index (κ1) is 59.0. The topological polar surface area (TPSA) is 211 Å². The number of nitrogens with zero attached hydrogens (tertiary/aromatic N) is 7. The number of benzene rings is 5. The van der Waals surface area contributed by atoms with Crippen LogP contribution < -0.4 is 0 Å². The zero-order valence-corrected chi connectivity index (χ0v) is 63.3. The van der Waals surface area contributed by atoms with E-state index in [0.717, 1.165) is 64.5 Å². The van der Waals surface area contributed by atoms with Crippen molar-refractivity contribution >= 4 is 54.3 Å². The van der Waals surface area contributed by atoms with Gasteiger partial charge in [0.15, 0.2) is 0 Å². The van der Waals surface area contributed by atoms with Gasteiger partial charge in [-0.2, -0.15) is 21.6 Å². The third-order valence-corrected chi connectivity index (χ3v) is 15.6. The van der Waals surface area contributed by atoms with Gasteiger partial charge in [-0.15, -0.1) is 126 Å². The second-order valence-corrected chi connectivity index (χ2v) is 23.7. The molecule has 0 saturated heterocycles. The summed E-state index contributed by atoms with van der Waals surface area (Å²) in [6.45, 7) is -0.0316. The van der Waals surface area contributed by atoms with Gasteiger partial charge in [-0.25, -0.2) is 9.97 Å². The first-order valence-electron chi connectivity index (χ1n) is 40.8. The summed E-state index contributed by atoms with van der Waals surface area (Å²) in [6, 6.07) is 59.3. The van der Waals surface area contributed by atoms with E-state index < -0.39 is 68.5 Å². The Bertz CT molecular complexity index is 5760. The van der Waals surface area contributed by atoms with Gasteiger partial charge in [-0.3, -0.25) is 9.54 Å². The number of hydrogen-bond acceptors (Lipinski definition) is 13. The van der Waals surface area contributed by atoms with Gasteiger partial charge >= 0.3 is 15.6 Å². The van der Waals surface area contributed by atoms with Gasteiger partial charge in [-0.05, 0) is 179 Å². The second-order valence-electron chi connectivity index (χ2n) is 22.3. The average Bonchev–Trinajstić information content (AvgIpc) is 1.48. The fourth-order valence-corrected chi connectivity index (χ4v) is 9.67. The van der Waals surface area contributed by atoms with Crippen LogP contribution in [0.3, 0.4) is 0 Å². The van der Waals surface area contributed by atoms with Crippen molar-refractivity contribution in [1.29, 1.82) is 0 Å². The molecule has 14 rings (SSSR count). The quantitative estimate of drug-likeness (QED) is 0.0770. The summed E-state index contributed by atoms with van der Waals surface area (Å²) in [4.78, 5) is 29.9. The van der Waals surface area contributed by atoms with Crippen LogP contribution in [0.5, 0.6) is 0 Å². The Morgan fingerprint density at radius 2 is 0.837 bits per heavy atom. The average molecular weight is 1800 g/mol. The molecule has 20 heteroatoms. The smallest absolute Gasteiger partial charge is 0.486 e. The maximum absolute atomic E-state index is 10.7. The molecular formula is C84H84F3Ir2N7O7S-4. The molecule has 9 aromatic heterocycles. The summed E-state index contributed by atoms with van der Waals surface area (Å²) in [7, 11) is -3.84. The number of rotatable bonds is 7. The van der Waals surface area contributed by atoms with Gasteiger partial charge in [0, 0.05) is 146 Å². The molecule has 9 heterocycles. The molecule has 5 aromatic carbocycles. The van der Waals surface area contributed by atoms with E-state index >= 15 is 0 Å². The van der Waals surface area contributed by atoms with E-state index in [2.05, 4.69) is 79.1 Å². The number of pyridine rings is 7. The molecule has 0 aliphatic rings. The van der Waals surface area contributed by atoms with Crippen molar-refractivity contribution in [2.75, 3.05) is 14.2 Å². The minimum atomic E-state index is -5.84. The Hall–Kier alpha value is -9.33. The third kappa shape index (κ3) is 22.3. The van der Waals surface area contributed by atoms with Crippen molar-refractivity contribution in [3.05, 3.63) is 280 Å². The molecule has 0 aliphatic heterocycles. The van der Waals surface area contributed by atoms with Crippen LogP contribution in [0.15, 0.2) is 198 Å². The van der Waals surface area contributed by atoms with E-state index in [-0.39, 0.29) is 63.0 Å². The van der Waals surface area contributed by atoms with Crippen LogP contribution in [-0.4, -0.2) is 77.8 Å². The Balaban J connectivity index is 0.000000273. The Labute approximate surface area is 663 Å². The van der Waals surface area contributed by atoms with Crippen LogP contribution in [-0.2, 0) is 50.3 Å². The number of aliphatic hydroxyl groups excluding tert-OH is 2. The molecular weight excluding hydrogens is 1690 g/mol. The molecule has 2 radical (unpaired) electrons. The summed E-state index contributed by atoms with van der Waals surface area (Å²) in [6.07, 6.45) is 7.85. The van der Waals surface area contributed by atoms with Crippen LogP contribution >= 0.6 is 0 Å². The molecule has 0 bridgehead atoms. The van der Waals surface area contributed by atoms with Gasteiger partial charge < -0.3 is 39.0 Å². The summed E-state index contributed by atoms with van der Waals surface area (Å²) >= 11 is 0. The van der Waals surface area contributed by atoms with Crippen LogP contribution in [0.2, 0.25) is 0 Å². The van der Waals surface area contributed by atoms with Crippen molar-refractivity contribution in [2.24, 2.45) is 0 Å². The van der Waals surface area contributed by atoms with Crippen LogP contribution in [0.1, 0.15) is 134 Å². The van der Waals surface area contributed by atoms with E-state index in [9.17, 15) is 13.2 Å². The number of hydrogen-bond donors (Lipinski definition) is 3. The fraction of sp³-hybridized carbons (Fsp3) is 0.226. The summed E-state index contributed by atoms with van der Waals surface area (Å²) in [5, 5.41) is 16.8. The predicted octanol–water partition coefficient (Wildman–Crippen LogP) is 20.5. The van der Waals surface area contributed by atoms with Crippen molar-refractivity contribution < 1.29 is 113 Å². The minimum absolute atomic E-state index is 0. The van der Waals surface area contributed by atoms with Gasteiger partial charge in [0.1, 0.15) is 5.58 Å². The molecule has 14 aromatic rings. The molecule has 2 atom stereocenters. The molecule has 0 aliphatic carbocycles. The number of aliphatic hydroxyl groups is 2. The number of aryl methyl sites for hydroxylation is 10. The third-order valence-electron chi connectivity index (χ3n) is 15.1. The Kier molecular flexibility index (Phi) is 22.4. The Morgan fingerprint density at radius 1 is 0.442 bits per heavy atom. The molecule has 0 spiro atoms. The largest absolute Gasteiger partial charge is 0.522 e. The molecule has 14 nitrogen and oxygen atoms in total. The molecule has 104 heavy (non-hydrogen) atoms. The number of fused-ring (bicyclic) bond motifs is 6. The van der Waals surface area contributed by atoms with E-state index in [0.29, 0.717) is 83.2 Å². The maximum Gasteiger partial charge on any atom is 0.522 e. The molecule has 0 amide bonds. The summed E-state index contributed by atoms with van der Waals surface area (Å²) < 4.78 is 223. The Morgan fingerprint density at radius 3 is 1.23 bits per heavy atom. The standard InChI is InChI=1S/C21H20N2O.C21H19N2O.3C13H12N.CHF3O3S.2CH4O.2Ir/c2*1-12(2)18-10-19(22-11-13(18)3)17-7-5-6-15-16-9-8-14(4)23-21(16)24-20(15)17;3*1-10-8-13(14-9-11(10)2)12-6-4-3-5-7-12;2-1(3,4)8(5,6)7;2*1-2;;/h5-12H,1-4H3;5-6,8-12H,1-4H3;3*3-6,8-9H,1-2H3;(H,5,6,7);2*2H,1H3;;/q;4*-1;;;;;/i2*1D3,4D3,12D;2*2D3;;;;;;. The zero-order chi connectivity index (χ0) is 91.4. The van der Waals surface area contributed by atoms with E-state index in [1.807, 2.05) is 91.1 Å². The van der Waals surface area contributed by atoms with E-state index in [1.165, 1.54) is 55.7 Å². The molecule has 546 valence electrons. The van der Waals surface area contributed by atoms with Crippen molar-refractivity contribution in [3.63, 3.8) is 0 Å². The van der Waals surface area contributed by atoms with E-state index in [1.54, 1.807) is 88.5 Å². The molecule has 2 unspecified atom stereocenters. The summed E-state index contributed by atoms with van der Waals surface area (Å²) in [5.41, 5.74) is 9.30. The van der Waals surface area contributed by atoms with Gasteiger partial charge in [0.05, 0.1) is 11.3 Å². The minimum Gasteiger partial charge on any atom is -0.486 e.